The van der Waals surface area contributed by atoms with Crippen molar-refractivity contribution in [1.29, 1.82) is 0 Å². The van der Waals surface area contributed by atoms with Crippen molar-refractivity contribution >= 4 is 17.3 Å². The van der Waals surface area contributed by atoms with Gasteiger partial charge in [-0.3, -0.25) is 0 Å². The zero-order chi connectivity index (χ0) is 11.3. The number of rotatable bonds is 5. The largest absolute Gasteiger partial charge is 0.372 e. The molecule has 0 spiro atoms. The Balaban J connectivity index is 2.99. The Morgan fingerprint density at radius 1 is 1.33 bits per heavy atom. The number of nitrogens with two attached hydrogens (primary N) is 1. The van der Waals surface area contributed by atoms with Gasteiger partial charge in [-0.25, -0.2) is 0 Å². The molecule has 0 unspecified atom stereocenters. The predicted molar refractivity (Wildman–Crippen MR) is 67.5 cm³/mol. The van der Waals surface area contributed by atoms with Crippen molar-refractivity contribution in [2.75, 3.05) is 18.0 Å². The first kappa shape index (κ1) is 12.3. The molecule has 1 aromatic rings. The van der Waals surface area contributed by atoms with Crippen LogP contribution in [0.1, 0.15) is 25.8 Å². The van der Waals surface area contributed by atoms with E-state index in [2.05, 4.69) is 24.8 Å². The van der Waals surface area contributed by atoms with Crippen LogP contribution in [0.15, 0.2) is 18.2 Å². The molecule has 0 aliphatic carbocycles. The maximum Gasteiger partial charge on any atom is 0.0412 e. The maximum atomic E-state index is 5.95. The molecule has 0 aliphatic rings. The average Bonchev–Trinajstić information content (AvgIpc) is 2.26. The van der Waals surface area contributed by atoms with Gasteiger partial charge in [0.15, 0.2) is 0 Å². The fourth-order valence-electron chi connectivity index (χ4n) is 1.74. The van der Waals surface area contributed by atoms with Gasteiger partial charge < -0.3 is 10.6 Å². The van der Waals surface area contributed by atoms with Gasteiger partial charge in [-0.1, -0.05) is 18.5 Å². The number of anilines is 1. The molecule has 2 nitrogen and oxygen atoms in total. The van der Waals surface area contributed by atoms with Crippen LogP contribution in [0.2, 0.25) is 5.02 Å². The summed E-state index contributed by atoms with van der Waals surface area (Å²) in [5.74, 6) is 0. The number of hydrogen-bond acceptors (Lipinski definition) is 2. The third-order valence-corrected chi connectivity index (χ3v) is 2.71. The lowest BCUT2D eigenvalue weighted by Gasteiger charge is -2.25. The Morgan fingerprint density at radius 2 is 2.07 bits per heavy atom. The molecule has 0 heterocycles. The minimum absolute atomic E-state index is 0.538. The Labute approximate surface area is 97.0 Å². The van der Waals surface area contributed by atoms with Crippen molar-refractivity contribution in [2.45, 2.75) is 26.8 Å². The summed E-state index contributed by atoms with van der Waals surface area (Å²) in [5.41, 5.74) is 8.06. The lowest BCUT2D eigenvalue weighted by molar-refractivity contribution is 0.785. The highest BCUT2D eigenvalue weighted by Crippen LogP contribution is 2.24. The molecule has 1 rings (SSSR count). The first-order chi connectivity index (χ1) is 7.22. The first-order valence-corrected chi connectivity index (χ1v) is 5.84. The van der Waals surface area contributed by atoms with Crippen molar-refractivity contribution in [3.8, 4) is 0 Å². The smallest absolute Gasteiger partial charge is 0.0412 e. The lowest BCUT2D eigenvalue weighted by Crippen LogP contribution is -2.25. The van der Waals surface area contributed by atoms with Gasteiger partial charge >= 0.3 is 0 Å². The summed E-state index contributed by atoms with van der Waals surface area (Å²) in [5, 5.41) is 0.756. The van der Waals surface area contributed by atoms with Crippen LogP contribution in [0.3, 0.4) is 0 Å². The van der Waals surface area contributed by atoms with Crippen molar-refractivity contribution in [3.05, 3.63) is 28.8 Å². The van der Waals surface area contributed by atoms with E-state index in [0.29, 0.717) is 6.54 Å². The summed E-state index contributed by atoms with van der Waals surface area (Å²) >= 11 is 5.95. The second-order valence-electron chi connectivity index (χ2n) is 3.56. The van der Waals surface area contributed by atoms with E-state index in [0.717, 1.165) is 30.1 Å². The van der Waals surface area contributed by atoms with Crippen LogP contribution in [0.5, 0.6) is 0 Å². The Morgan fingerprint density at radius 3 is 2.60 bits per heavy atom. The molecule has 0 saturated heterocycles. The van der Waals surface area contributed by atoms with Crippen molar-refractivity contribution < 1.29 is 0 Å². The molecule has 0 aromatic heterocycles. The number of nitrogens with zero attached hydrogens (tertiary/aromatic N) is 1. The molecule has 0 amide bonds. The zero-order valence-corrected chi connectivity index (χ0v) is 10.2. The summed E-state index contributed by atoms with van der Waals surface area (Å²) in [6.45, 7) is 6.94. The van der Waals surface area contributed by atoms with Crippen LogP contribution in [0.4, 0.5) is 5.69 Å². The van der Waals surface area contributed by atoms with E-state index >= 15 is 0 Å². The predicted octanol–water partition coefficient (Wildman–Crippen LogP) is 3.04. The third kappa shape index (κ3) is 3.11. The third-order valence-electron chi connectivity index (χ3n) is 2.48. The van der Waals surface area contributed by atoms with Gasteiger partial charge in [-0.2, -0.15) is 0 Å². The van der Waals surface area contributed by atoms with Crippen LogP contribution in [0, 0.1) is 0 Å². The number of halogens is 1. The van der Waals surface area contributed by atoms with Crippen molar-refractivity contribution in [2.24, 2.45) is 5.73 Å². The van der Waals surface area contributed by atoms with Gasteiger partial charge in [-0.15, -0.1) is 0 Å². The van der Waals surface area contributed by atoms with E-state index in [1.54, 1.807) is 0 Å². The summed E-state index contributed by atoms with van der Waals surface area (Å²) in [6.07, 6.45) is 1.14. The van der Waals surface area contributed by atoms with Crippen LogP contribution in [0.25, 0.3) is 0 Å². The summed E-state index contributed by atoms with van der Waals surface area (Å²) in [7, 11) is 0. The molecule has 0 radical (unpaired) electrons. The van der Waals surface area contributed by atoms with Gasteiger partial charge in [0.2, 0.25) is 0 Å². The molecule has 0 aliphatic heterocycles. The van der Waals surface area contributed by atoms with Gasteiger partial charge in [0.25, 0.3) is 0 Å². The molecule has 1 aromatic carbocycles. The second kappa shape index (κ2) is 5.99. The van der Waals surface area contributed by atoms with Gasteiger partial charge in [-0.05, 0) is 37.1 Å². The van der Waals surface area contributed by atoms with Crippen molar-refractivity contribution in [1.82, 2.24) is 0 Å². The normalized spacial score (nSPS) is 10.4. The lowest BCUT2D eigenvalue weighted by atomic mass is 10.1. The van der Waals surface area contributed by atoms with E-state index in [9.17, 15) is 0 Å². The standard InChI is InChI=1S/C12H19ClN2/c1-3-7-15(4-2)12-6-5-11(13)8-10(12)9-14/h5-6,8H,3-4,7,9,14H2,1-2H3. The Hall–Kier alpha value is -0.730. The summed E-state index contributed by atoms with van der Waals surface area (Å²) < 4.78 is 0. The van der Waals surface area contributed by atoms with E-state index in [1.807, 2.05) is 12.1 Å². The fraction of sp³-hybridized carbons (Fsp3) is 0.500. The van der Waals surface area contributed by atoms with Crippen molar-refractivity contribution in [3.63, 3.8) is 0 Å². The highest BCUT2D eigenvalue weighted by atomic mass is 35.5. The quantitative estimate of drug-likeness (QED) is 0.836. The van der Waals surface area contributed by atoms with Gasteiger partial charge in [0.05, 0.1) is 0 Å². The molecule has 3 heteroatoms. The molecule has 0 saturated carbocycles. The van der Waals surface area contributed by atoms with Crippen LogP contribution in [-0.4, -0.2) is 13.1 Å². The molecule has 0 fully saturated rings. The molecular weight excluding hydrogens is 208 g/mol. The maximum absolute atomic E-state index is 5.95. The second-order valence-corrected chi connectivity index (χ2v) is 3.99. The minimum atomic E-state index is 0.538. The molecule has 15 heavy (non-hydrogen) atoms. The van der Waals surface area contributed by atoms with E-state index in [4.69, 9.17) is 17.3 Å². The highest BCUT2D eigenvalue weighted by molar-refractivity contribution is 6.30. The monoisotopic (exact) mass is 226 g/mol. The SMILES string of the molecule is CCCN(CC)c1ccc(Cl)cc1CN. The van der Waals surface area contributed by atoms with E-state index in [-0.39, 0.29) is 0 Å². The van der Waals surface area contributed by atoms with E-state index in [1.165, 1.54) is 5.69 Å². The Bertz CT molecular complexity index is 312. The van der Waals surface area contributed by atoms with E-state index < -0.39 is 0 Å². The van der Waals surface area contributed by atoms with Crippen LogP contribution < -0.4 is 10.6 Å². The molecule has 2 N–H and O–H groups in total. The molecule has 0 bridgehead atoms. The zero-order valence-electron chi connectivity index (χ0n) is 9.46. The molecule has 84 valence electrons. The summed E-state index contributed by atoms with van der Waals surface area (Å²) in [6, 6.07) is 5.94. The topological polar surface area (TPSA) is 29.3 Å². The molecular formula is C12H19ClN2. The summed E-state index contributed by atoms with van der Waals surface area (Å²) in [4.78, 5) is 2.33. The van der Waals surface area contributed by atoms with Gasteiger partial charge in [0, 0.05) is 30.3 Å². The number of benzene rings is 1. The van der Waals surface area contributed by atoms with Crippen LogP contribution >= 0.6 is 11.6 Å². The van der Waals surface area contributed by atoms with Crippen LogP contribution in [-0.2, 0) is 6.54 Å². The number of hydrogen-bond donors (Lipinski definition) is 1. The fourth-order valence-corrected chi connectivity index (χ4v) is 1.94. The highest BCUT2D eigenvalue weighted by Gasteiger charge is 2.08. The Kier molecular flexibility index (Phi) is 4.92. The van der Waals surface area contributed by atoms with Gasteiger partial charge in [0.1, 0.15) is 0 Å². The molecule has 0 atom stereocenters. The minimum Gasteiger partial charge on any atom is -0.372 e. The average molecular weight is 227 g/mol. The first-order valence-electron chi connectivity index (χ1n) is 5.46.